The van der Waals surface area contributed by atoms with Crippen LogP contribution in [0.5, 0.6) is 11.5 Å². The molecule has 0 atom stereocenters. The Bertz CT molecular complexity index is 852. The minimum Gasteiger partial charge on any atom is -0.497 e. The summed E-state index contributed by atoms with van der Waals surface area (Å²) in [7, 11) is 3.05. The maximum atomic E-state index is 12.4. The number of amides is 1. The second-order valence-electron chi connectivity index (χ2n) is 5.20. The van der Waals surface area contributed by atoms with Gasteiger partial charge in [-0.25, -0.2) is 0 Å². The lowest BCUT2D eigenvalue weighted by atomic mass is 10.1. The van der Waals surface area contributed by atoms with Crippen molar-refractivity contribution >= 4 is 29.3 Å². The van der Waals surface area contributed by atoms with Crippen LogP contribution in [0.4, 0.5) is 5.69 Å². The van der Waals surface area contributed by atoms with Crippen molar-refractivity contribution in [1.82, 2.24) is 0 Å². The standard InChI is InChI=1S/C19H17ClN2O3/c1-12-8-17(18(25-3)10-16(12)20)22-19(23)14(11-21)9-13-4-6-15(24-2)7-5-13/h4-10H,1-3H3,(H,22,23)/b14-9+. The minimum absolute atomic E-state index is 0.0279. The van der Waals surface area contributed by atoms with Crippen LogP contribution in [0.25, 0.3) is 6.08 Å². The zero-order chi connectivity index (χ0) is 18.4. The van der Waals surface area contributed by atoms with Gasteiger partial charge in [-0.1, -0.05) is 23.7 Å². The van der Waals surface area contributed by atoms with E-state index in [1.54, 1.807) is 43.5 Å². The van der Waals surface area contributed by atoms with Crippen LogP contribution in [0.1, 0.15) is 11.1 Å². The number of carbonyl (C=O) groups is 1. The first-order valence-electron chi connectivity index (χ1n) is 7.39. The molecule has 0 saturated heterocycles. The van der Waals surface area contributed by atoms with Crippen LogP contribution >= 0.6 is 11.6 Å². The quantitative estimate of drug-likeness (QED) is 0.643. The van der Waals surface area contributed by atoms with Crippen molar-refractivity contribution in [1.29, 1.82) is 5.26 Å². The van der Waals surface area contributed by atoms with E-state index < -0.39 is 5.91 Å². The average molecular weight is 357 g/mol. The first-order chi connectivity index (χ1) is 12.0. The third kappa shape index (κ3) is 4.52. The maximum absolute atomic E-state index is 12.4. The Balaban J connectivity index is 2.27. The largest absolute Gasteiger partial charge is 0.497 e. The summed E-state index contributed by atoms with van der Waals surface area (Å²) in [5.41, 5.74) is 1.92. The number of hydrogen-bond donors (Lipinski definition) is 1. The van der Waals surface area contributed by atoms with E-state index in [1.165, 1.54) is 13.2 Å². The molecule has 2 aromatic carbocycles. The van der Waals surface area contributed by atoms with E-state index in [1.807, 2.05) is 13.0 Å². The fourth-order valence-electron chi connectivity index (χ4n) is 2.13. The van der Waals surface area contributed by atoms with Gasteiger partial charge in [-0.05, 0) is 42.3 Å². The number of nitrogens with one attached hydrogen (secondary N) is 1. The van der Waals surface area contributed by atoms with Gasteiger partial charge in [0, 0.05) is 11.1 Å². The molecule has 0 bridgehead atoms. The third-order valence-electron chi connectivity index (χ3n) is 3.52. The van der Waals surface area contributed by atoms with E-state index in [-0.39, 0.29) is 5.57 Å². The summed E-state index contributed by atoms with van der Waals surface area (Å²) >= 11 is 6.06. The number of aryl methyl sites for hydroxylation is 1. The van der Waals surface area contributed by atoms with E-state index in [0.717, 1.165) is 5.56 Å². The summed E-state index contributed by atoms with van der Waals surface area (Å²) in [4.78, 5) is 12.4. The van der Waals surface area contributed by atoms with Gasteiger partial charge in [-0.15, -0.1) is 0 Å². The van der Waals surface area contributed by atoms with Crippen molar-refractivity contribution in [3.63, 3.8) is 0 Å². The Morgan fingerprint density at radius 2 is 1.88 bits per heavy atom. The van der Waals surface area contributed by atoms with Gasteiger partial charge in [-0.3, -0.25) is 4.79 Å². The molecule has 0 aromatic heterocycles. The number of carbonyl (C=O) groups excluding carboxylic acids is 1. The molecule has 0 saturated carbocycles. The lowest BCUT2D eigenvalue weighted by Crippen LogP contribution is -2.14. The van der Waals surface area contributed by atoms with Gasteiger partial charge < -0.3 is 14.8 Å². The molecular weight excluding hydrogens is 340 g/mol. The normalized spacial score (nSPS) is 10.8. The molecule has 0 spiro atoms. The van der Waals surface area contributed by atoms with Crippen molar-refractivity contribution in [2.45, 2.75) is 6.92 Å². The monoisotopic (exact) mass is 356 g/mol. The number of hydrogen-bond acceptors (Lipinski definition) is 4. The Hall–Kier alpha value is -2.97. The zero-order valence-corrected chi connectivity index (χ0v) is 14.8. The van der Waals surface area contributed by atoms with E-state index in [4.69, 9.17) is 21.1 Å². The van der Waals surface area contributed by atoms with Crippen molar-refractivity contribution in [3.05, 3.63) is 58.1 Å². The van der Waals surface area contributed by atoms with Gasteiger partial charge in [0.25, 0.3) is 5.91 Å². The summed E-state index contributed by atoms with van der Waals surface area (Å²) in [6.45, 7) is 1.82. The zero-order valence-electron chi connectivity index (χ0n) is 14.1. The van der Waals surface area contributed by atoms with Crippen LogP contribution in [-0.2, 0) is 4.79 Å². The van der Waals surface area contributed by atoms with Gasteiger partial charge in [0.1, 0.15) is 23.1 Å². The lowest BCUT2D eigenvalue weighted by Gasteiger charge is -2.12. The van der Waals surface area contributed by atoms with Crippen LogP contribution < -0.4 is 14.8 Å². The summed E-state index contributed by atoms with van der Waals surface area (Å²) in [5, 5.41) is 12.5. The summed E-state index contributed by atoms with van der Waals surface area (Å²) in [6, 6.07) is 12.3. The molecule has 5 nitrogen and oxygen atoms in total. The number of halogens is 1. The Labute approximate surface area is 151 Å². The van der Waals surface area contributed by atoms with E-state index in [0.29, 0.717) is 27.8 Å². The minimum atomic E-state index is -0.529. The van der Waals surface area contributed by atoms with Crippen LogP contribution in [0.2, 0.25) is 5.02 Å². The Morgan fingerprint density at radius 1 is 1.20 bits per heavy atom. The van der Waals surface area contributed by atoms with Crippen LogP contribution in [0.15, 0.2) is 42.0 Å². The molecule has 2 rings (SSSR count). The smallest absolute Gasteiger partial charge is 0.266 e. The predicted octanol–water partition coefficient (Wildman–Crippen LogP) is 4.21. The highest BCUT2D eigenvalue weighted by Crippen LogP contribution is 2.31. The van der Waals surface area contributed by atoms with Crippen molar-refractivity contribution in [3.8, 4) is 17.6 Å². The van der Waals surface area contributed by atoms with Crippen molar-refractivity contribution < 1.29 is 14.3 Å². The highest BCUT2D eigenvalue weighted by molar-refractivity contribution is 6.31. The van der Waals surface area contributed by atoms with Crippen molar-refractivity contribution in [2.24, 2.45) is 0 Å². The van der Waals surface area contributed by atoms with E-state index >= 15 is 0 Å². The van der Waals surface area contributed by atoms with E-state index in [9.17, 15) is 10.1 Å². The number of rotatable bonds is 5. The van der Waals surface area contributed by atoms with Gasteiger partial charge in [-0.2, -0.15) is 5.26 Å². The molecule has 0 fully saturated rings. The summed E-state index contributed by atoms with van der Waals surface area (Å²) in [6.07, 6.45) is 1.50. The topological polar surface area (TPSA) is 71.3 Å². The Kier molecular flexibility index (Phi) is 6.04. The maximum Gasteiger partial charge on any atom is 0.266 e. The molecule has 128 valence electrons. The molecule has 25 heavy (non-hydrogen) atoms. The third-order valence-corrected chi connectivity index (χ3v) is 3.93. The molecule has 1 N–H and O–H groups in total. The highest BCUT2D eigenvalue weighted by Gasteiger charge is 2.14. The SMILES string of the molecule is COc1ccc(/C=C(\C#N)C(=O)Nc2cc(C)c(Cl)cc2OC)cc1. The van der Waals surface area contributed by atoms with Crippen LogP contribution in [0.3, 0.4) is 0 Å². The Morgan fingerprint density at radius 3 is 2.44 bits per heavy atom. The number of nitriles is 1. The molecule has 0 radical (unpaired) electrons. The number of ether oxygens (including phenoxy) is 2. The molecule has 0 aliphatic rings. The predicted molar refractivity (Wildman–Crippen MR) is 98.0 cm³/mol. The van der Waals surface area contributed by atoms with Gasteiger partial charge in [0.05, 0.1) is 19.9 Å². The van der Waals surface area contributed by atoms with Gasteiger partial charge in [0.15, 0.2) is 0 Å². The fourth-order valence-corrected chi connectivity index (χ4v) is 2.29. The van der Waals surface area contributed by atoms with Crippen molar-refractivity contribution in [2.75, 3.05) is 19.5 Å². The second-order valence-corrected chi connectivity index (χ2v) is 5.61. The molecule has 0 aliphatic carbocycles. The molecule has 0 heterocycles. The fraction of sp³-hybridized carbons (Fsp3) is 0.158. The molecule has 0 unspecified atom stereocenters. The summed E-state index contributed by atoms with van der Waals surface area (Å²) < 4.78 is 10.3. The molecule has 0 aliphatic heterocycles. The van der Waals surface area contributed by atoms with Crippen LogP contribution in [0, 0.1) is 18.3 Å². The molecule has 2 aromatic rings. The first-order valence-corrected chi connectivity index (χ1v) is 7.77. The lowest BCUT2D eigenvalue weighted by molar-refractivity contribution is -0.112. The van der Waals surface area contributed by atoms with E-state index in [2.05, 4.69) is 5.32 Å². The van der Waals surface area contributed by atoms with Gasteiger partial charge >= 0.3 is 0 Å². The number of benzene rings is 2. The van der Waals surface area contributed by atoms with Gasteiger partial charge in [0.2, 0.25) is 0 Å². The number of anilines is 1. The number of methoxy groups -OCH3 is 2. The van der Waals surface area contributed by atoms with Crippen LogP contribution in [-0.4, -0.2) is 20.1 Å². The molecule has 1 amide bonds. The number of nitrogens with zero attached hydrogens (tertiary/aromatic N) is 1. The first kappa shape index (κ1) is 18.4. The highest BCUT2D eigenvalue weighted by atomic mass is 35.5. The molecular formula is C19H17ClN2O3. The second kappa shape index (κ2) is 8.22. The molecule has 6 heteroatoms. The summed E-state index contributed by atoms with van der Waals surface area (Å²) in [5.74, 6) is 0.588. The average Bonchev–Trinajstić information content (AvgIpc) is 2.62.